The Bertz CT molecular complexity index is 1280. The Morgan fingerprint density at radius 3 is 2.49 bits per heavy atom. The van der Waals surface area contributed by atoms with Gasteiger partial charge in [-0.25, -0.2) is 14.5 Å². The van der Waals surface area contributed by atoms with Gasteiger partial charge in [0.1, 0.15) is 16.8 Å². The van der Waals surface area contributed by atoms with Crippen LogP contribution >= 0.6 is 11.6 Å². The smallest absolute Gasteiger partial charge is 0.276 e. The molecule has 196 valence electrons. The summed E-state index contributed by atoms with van der Waals surface area (Å²) in [7, 11) is 3.86. The Morgan fingerprint density at radius 2 is 1.78 bits per heavy atom. The fourth-order valence-electron chi connectivity index (χ4n) is 4.88. The quantitative estimate of drug-likeness (QED) is 0.339. The average molecular weight is 525 g/mol. The first-order valence-corrected chi connectivity index (χ1v) is 13.2. The van der Waals surface area contributed by atoms with E-state index < -0.39 is 0 Å². The average Bonchev–Trinajstić information content (AvgIpc) is 3.55. The van der Waals surface area contributed by atoms with E-state index in [1.165, 1.54) is 12.4 Å². The van der Waals surface area contributed by atoms with Crippen molar-refractivity contribution in [2.75, 3.05) is 36.6 Å². The third kappa shape index (κ3) is 6.56. The molecule has 37 heavy (non-hydrogen) atoms. The number of aromatic nitrogens is 4. The minimum absolute atomic E-state index is 0.263. The topological polar surface area (TPSA) is 117 Å². The number of pyridine rings is 1. The predicted octanol–water partition coefficient (Wildman–Crippen LogP) is 4.10. The molecule has 10 nitrogen and oxygen atoms in total. The van der Waals surface area contributed by atoms with Crippen LogP contribution in [-0.4, -0.2) is 68.9 Å². The monoisotopic (exact) mass is 524 g/mol. The van der Waals surface area contributed by atoms with Gasteiger partial charge in [-0.2, -0.15) is 0 Å². The highest BCUT2D eigenvalue weighted by molar-refractivity contribution is 6.29. The SMILES string of the molecule is CN(C)CC(=O)CC1CCC(Nc2cc(NC3CC3)c3ncc(C(=O)Nc4ccnc(Cl)c4)n3n2)CC1. The Hall–Kier alpha value is -3.24. The number of hydrogen-bond acceptors (Lipinski definition) is 8. The van der Waals surface area contributed by atoms with Crippen LogP contribution in [-0.2, 0) is 4.79 Å². The van der Waals surface area contributed by atoms with Gasteiger partial charge >= 0.3 is 0 Å². The van der Waals surface area contributed by atoms with Crippen LogP contribution in [0.5, 0.6) is 0 Å². The third-order valence-corrected chi connectivity index (χ3v) is 7.04. The molecule has 3 heterocycles. The predicted molar refractivity (Wildman–Crippen MR) is 144 cm³/mol. The maximum absolute atomic E-state index is 13.1. The standard InChI is InChI=1S/C26H33ClN8O2/c1-34(2)15-20(36)11-16-3-5-18(6-4-16)31-24-13-21(30-17-7-8-17)25-29-14-22(35(25)33-24)26(37)32-19-9-10-28-23(27)12-19/h9-10,12-14,16-18,30H,3-8,11,15H2,1-2H3,(H,31,33)(H,28,32,37). The molecule has 1 amide bonds. The molecular weight excluding hydrogens is 492 g/mol. The number of anilines is 3. The molecule has 0 aliphatic heterocycles. The molecule has 11 heteroatoms. The second-order valence-electron chi connectivity index (χ2n) is 10.4. The van der Waals surface area contributed by atoms with Gasteiger partial charge < -0.3 is 20.9 Å². The molecule has 3 N–H and O–H groups in total. The van der Waals surface area contributed by atoms with Crippen LogP contribution in [0, 0.1) is 5.92 Å². The lowest BCUT2D eigenvalue weighted by molar-refractivity contribution is -0.120. The van der Waals surface area contributed by atoms with Gasteiger partial charge in [-0.15, -0.1) is 5.10 Å². The van der Waals surface area contributed by atoms with Gasteiger partial charge in [0.15, 0.2) is 11.3 Å². The lowest BCUT2D eigenvalue weighted by Gasteiger charge is -2.29. The van der Waals surface area contributed by atoms with Gasteiger partial charge in [-0.3, -0.25) is 9.59 Å². The van der Waals surface area contributed by atoms with Crippen LogP contribution in [0.2, 0.25) is 5.15 Å². The summed E-state index contributed by atoms with van der Waals surface area (Å²) in [6.45, 7) is 0.508. The Balaban J connectivity index is 1.31. The normalized spacial score (nSPS) is 19.7. The number of hydrogen-bond donors (Lipinski definition) is 3. The van der Waals surface area contributed by atoms with Crippen molar-refractivity contribution in [2.45, 2.75) is 57.0 Å². The number of halogens is 1. The van der Waals surface area contributed by atoms with Crippen molar-refractivity contribution in [3.05, 3.63) is 41.4 Å². The summed E-state index contributed by atoms with van der Waals surface area (Å²) in [6, 6.07) is 5.93. The molecule has 2 saturated carbocycles. The van der Waals surface area contributed by atoms with Crippen molar-refractivity contribution in [3.63, 3.8) is 0 Å². The lowest BCUT2D eigenvalue weighted by Crippen LogP contribution is -2.29. The zero-order valence-electron chi connectivity index (χ0n) is 21.2. The number of fused-ring (bicyclic) bond motifs is 1. The second-order valence-corrected chi connectivity index (χ2v) is 10.8. The maximum Gasteiger partial charge on any atom is 0.276 e. The van der Waals surface area contributed by atoms with E-state index in [9.17, 15) is 9.59 Å². The minimum atomic E-state index is -0.334. The number of amides is 1. The van der Waals surface area contributed by atoms with E-state index in [1.807, 2.05) is 25.1 Å². The number of Topliss-reactive ketones (excluding diaryl/α,β-unsaturated/α-hetero) is 1. The van der Waals surface area contributed by atoms with Gasteiger partial charge in [0.05, 0.1) is 18.4 Å². The Labute approximate surface area is 221 Å². The Kier molecular flexibility index (Phi) is 7.57. The molecular formula is C26H33ClN8O2. The van der Waals surface area contributed by atoms with Gasteiger partial charge in [0, 0.05) is 36.5 Å². The van der Waals surface area contributed by atoms with E-state index in [4.69, 9.17) is 16.7 Å². The second kappa shape index (κ2) is 11.0. The molecule has 3 aromatic rings. The molecule has 2 fully saturated rings. The highest BCUT2D eigenvalue weighted by atomic mass is 35.5. The fraction of sp³-hybridized carbons (Fsp3) is 0.500. The van der Waals surface area contributed by atoms with E-state index in [-0.39, 0.29) is 11.9 Å². The highest BCUT2D eigenvalue weighted by Gasteiger charge is 2.26. The van der Waals surface area contributed by atoms with Crippen molar-refractivity contribution in [3.8, 4) is 0 Å². The van der Waals surface area contributed by atoms with Crippen LogP contribution in [0.3, 0.4) is 0 Å². The number of carbonyl (C=O) groups excluding carboxylic acids is 2. The third-order valence-electron chi connectivity index (χ3n) is 6.83. The first-order chi connectivity index (χ1) is 17.8. The number of rotatable bonds is 10. The summed E-state index contributed by atoms with van der Waals surface area (Å²) < 4.78 is 1.59. The van der Waals surface area contributed by atoms with Gasteiger partial charge in [-0.1, -0.05) is 11.6 Å². The number of nitrogens with one attached hydrogen (secondary N) is 3. The summed E-state index contributed by atoms with van der Waals surface area (Å²) in [6.07, 6.45) is 9.95. The molecule has 0 spiro atoms. The maximum atomic E-state index is 13.1. The summed E-state index contributed by atoms with van der Waals surface area (Å²) in [4.78, 5) is 35.7. The van der Waals surface area contributed by atoms with Gasteiger partial charge in [-0.05, 0) is 70.7 Å². The van der Waals surface area contributed by atoms with Crippen molar-refractivity contribution in [2.24, 2.45) is 5.92 Å². The number of likely N-dealkylation sites (N-methyl/N-ethyl adjacent to an activating group) is 1. The number of carbonyl (C=O) groups is 2. The van der Waals surface area contributed by atoms with Crippen molar-refractivity contribution < 1.29 is 9.59 Å². The molecule has 0 bridgehead atoms. The highest BCUT2D eigenvalue weighted by Crippen LogP contribution is 2.31. The summed E-state index contributed by atoms with van der Waals surface area (Å²) in [5.74, 6) is 1.12. The van der Waals surface area contributed by atoms with E-state index in [1.54, 1.807) is 16.6 Å². The molecule has 0 saturated heterocycles. The zero-order chi connectivity index (χ0) is 25.9. The first-order valence-electron chi connectivity index (χ1n) is 12.8. The number of nitrogens with zero attached hydrogens (tertiary/aromatic N) is 5. The van der Waals surface area contributed by atoms with E-state index in [0.717, 1.165) is 44.2 Å². The molecule has 0 aromatic carbocycles. The minimum Gasteiger partial charge on any atom is -0.379 e. The summed E-state index contributed by atoms with van der Waals surface area (Å²) in [5.41, 5.74) is 2.34. The number of ketones is 1. The van der Waals surface area contributed by atoms with Crippen molar-refractivity contribution in [1.29, 1.82) is 0 Å². The van der Waals surface area contributed by atoms with Gasteiger partial charge in [0.2, 0.25) is 0 Å². The summed E-state index contributed by atoms with van der Waals surface area (Å²) in [5, 5.41) is 15.0. The lowest BCUT2D eigenvalue weighted by atomic mass is 9.83. The van der Waals surface area contributed by atoms with Crippen LogP contribution in [0.15, 0.2) is 30.6 Å². The van der Waals surface area contributed by atoms with Crippen LogP contribution in [0.1, 0.15) is 55.4 Å². The van der Waals surface area contributed by atoms with Crippen molar-refractivity contribution in [1.82, 2.24) is 24.5 Å². The van der Waals surface area contributed by atoms with Crippen LogP contribution in [0.25, 0.3) is 5.65 Å². The van der Waals surface area contributed by atoms with Crippen LogP contribution in [0.4, 0.5) is 17.2 Å². The largest absolute Gasteiger partial charge is 0.379 e. The molecule has 2 aliphatic rings. The summed E-state index contributed by atoms with van der Waals surface area (Å²) >= 11 is 5.96. The Morgan fingerprint density at radius 1 is 1.05 bits per heavy atom. The molecule has 0 unspecified atom stereocenters. The molecule has 0 atom stereocenters. The van der Waals surface area contributed by atoms with Crippen LogP contribution < -0.4 is 16.0 Å². The molecule has 0 radical (unpaired) electrons. The number of imidazole rings is 1. The van der Waals surface area contributed by atoms with E-state index >= 15 is 0 Å². The molecule has 2 aliphatic carbocycles. The molecule has 5 rings (SSSR count). The molecule has 3 aromatic heterocycles. The van der Waals surface area contributed by atoms with Crippen molar-refractivity contribution >= 4 is 46.1 Å². The van der Waals surface area contributed by atoms with E-state index in [2.05, 4.69) is 25.9 Å². The van der Waals surface area contributed by atoms with Gasteiger partial charge in [0.25, 0.3) is 5.91 Å². The van der Waals surface area contributed by atoms with E-state index in [0.29, 0.717) is 58.7 Å². The first kappa shape index (κ1) is 25.4. The zero-order valence-corrected chi connectivity index (χ0v) is 22.0. The fourth-order valence-corrected chi connectivity index (χ4v) is 5.06.